The fourth-order valence-corrected chi connectivity index (χ4v) is 3.76. The topological polar surface area (TPSA) is 11.3 Å². The lowest BCUT2D eigenvalue weighted by molar-refractivity contribution is 0.467. The first-order valence-corrected chi connectivity index (χ1v) is 7.83. The zero-order valence-corrected chi connectivity index (χ0v) is 12.7. The summed E-state index contributed by atoms with van der Waals surface area (Å²) < 4.78 is 8.48. The van der Waals surface area contributed by atoms with E-state index in [0.717, 1.165) is 29.4 Å². The minimum absolute atomic E-state index is 0.792. The third kappa shape index (κ3) is 2.35. The highest BCUT2D eigenvalue weighted by molar-refractivity contribution is 7.26. The van der Waals surface area contributed by atoms with Crippen molar-refractivity contribution in [2.45, 2.75) is 33.1 Å². The standard InChI is InChI=1S/C16H16ClOS/c1-3-4-5-14-16-13(8-10(2)18-14)12-9-11(17)6-7-15(12)19-16/h6-9H,3-5H2,1-2H3/q+1. The molecule has 0 N–H and O–H groups in total. The Balaban J connectivity index is 2.30. The van der Waals surface area contributed by atoms with Crippen LogP contribution in [0.3, 0.4) is 0 Å². The number of unbranched alkanes of at least 4 members (excludes halogenated alkanes) is 1. The lowest BCUT2D eigenvalue weighted by atomic mass is 10.1. The monoisotopic (exact) mass is 291 g/mol. The molecule has 2 aromatic heterocycles. The van der Waals surface area contributed by atoms with E-state index in [-0.39, 0.29) is 0 Å². The largest absolute Gasteiger partial charge is 0.347 e. The van der Waals surface area contributed by atoms with Gasteiger partial charge in [-0.3, -0.25) is 0 Å². The summed E-state index contributed by atoms with van der Waals surface area (Å²) in [5.41, 5.74) is 0. The molecule has 0 unspecified atom stereocenters. The molecule has 0 aliphatic rings. The van der Waals surface area contributed by atoms with Gasteiger partial charge in [0.1, 0.15) is 4.70 Å². The van der Waals surface area contributed by atoms with Gasteiger partial charge in [0.15, 0.2) is 0 Å². The lowest BCUT2D eigenvalue weighted by Gasteiger charge is -1.93. The zero-order chi connectivity index (χ0) is 13.4. The Morgan fingerprint density at radius 3 is 2.84 bits per heavy atom. The molecular weight excluding hydrogens is 276 g/mol. The Morgan fingerprint density at radius 1 is 1.21 bits per heavy atom. The van der Waals surface area contributed by atoms with Crippen LogP contribution < -0.4 is 0 Å². The molecule has 0 saturated carbocycles. The van der Waals surface area contributed by atoms with E-state index >= 15 is 0 Å². The number of hydrogen-bond acceptors (Lipinski definition) is 1. The third-order valence-electron chi connectivity index (χ3n) is 3.33. The van der Waals surface area contributed by atoms with Gasteiger partial charge in [-0.15, -0.1) is 11.3 Å². The molecule has 0 amide bonds. The number of halogens is 1. The second kappa shape index (κ2) is 5.10. The summed E-state index contributed by atoms with van der Waals surface area (Å²) in [6, 6.07) is 8.23. The first-order valence-electron chi connectivity index (χ1n) is 6.63. The van der Waals surface area contributed by atoms with Crippen LogP contribution in [-0.4, -0.2) is 0 Å². The van der Waals surface area contributed by atoms with Crippen LogP contribution in [0.2, 0.25) is 5.02 Å². The molecule has 3 rings (SSSR count). The predicted octanol–water partition coefficient (Wildman–Crippen LogP) is 6.23. The van der Waals surface area contributed by atoms with Gasteiger partial charge in [-0.05, 0) is 24.6 Å². The Morgan fingerprint density at radius 2 is 2.05 bits per heavy atom. The number of fused-ring (bicyclic) bond motifs is 3. The van der Waals surface area contributed by atoms with Crippen LogP contribution in [-0.2, 0) is 6.42 Å². The minimum atomic E-state index is 0.792. The maximum absolute atomic E-state index is 6.12. The molecule has 0 radical (unpaired) electrons. The highest BCUT2D eigenvalue weighted by Gasteiger charge is 2.20. The molecule has 1 aromatic carbocycles. The van der Waals surface area contributed by atoms with E-state index in [1.54, 1.807) is 11.3 Å². The molecule has 0 aliphatic heterocycles. The van der Waals surface area contributed by atoms with Gasteiger partial charge in [-0.1, -0.05) is 24.9 Å². The molecule has 2 heterocycles. The maximum atomic E-state index is 6.12. The Kier molecular flexibility index (Phi) is 3.46. The normalized spacial score (nSPS) is 11.5. The molecule has 0 aliphatic carbocycles. The van der Waals surface area contributed by atoms with Crippen LogP contribution in [0.5, 0.6) is 0 Å². The average Bonchev–Trinajstić information content (AvgIpc) is 2.74. The van der Waals surface area contributed by atoms with Crippen molar-refractivity contribution < 1.29 is 4.42 Å². The summed E-state index contributed by atoms with van der Waals surface area (Å²) in [6.07, 6.45) is 3.36. The fraction of sp³-hybridized carbons (Fsp3) is 0.312. The molecule has 0 spiro atoms. The van der Waals surface area contributed by atoms with Gasteiger partial charge in [-0.25, -0.2) is 4.42 Å². The summed E-state index contributed by atoms with van der Waals surface area (Å²) in [5.74, 6) is 2.09. The van der Waals surface area contributed by atoms with Gasteiger partial charge < -0.3 is 0 Å². The van der Waals surface area contributed by atoms with Crippen LogP contribution in [0.4, 0.5) is 0 Å². The molecule has 0 bridgehead atoms. The third-order valence-corrected chi connectivity index (χ3v) is 4.79. The SMILES string of the molecule is CCCCc1[o+]c(C)cc2c1sc1ccc(Cl)cc12. The first-order chi connectivity index (χ1) is 9.19. The van der Waals surface area contributed by atoms with Crippen molar-refractivity contribution in [1.82, 2.24) is 0 Å². The van der Waals surface area contributed by atoms with Gasteiger partial charge in [0.2, 0.25) is 0 Å². The molecule has 3 heteroatoms. The van der Waals surface area contributed by atoms with E-state index < -0.39 is 0 Å². The van der Waals surface area contributed by atoms with Gasteiger partial charge in [0.25, 0.3) is 0 Å². The van der Waals surface area contributed by atoms with Crippen molar-refractivity contribution in [2.24, 2.45) is 0 Å². The number of rotatable bonds is 3. The quantitative estimate of drug-likeness (QED) is 0.520. The second-order valence-electron chi connectivity index (χ2n) is 4.87. The van der Waals surface area contributed by atoms with E-state index in [2.05, 4.69) is 25.1 Å². The van der Waals surface area contributed by atoms with Crippen LogP contribution in [0.25, 0.3) is 20.2 Å². The number of aryl methyl sites for hydroxylation is 2. The number of benzene rings is 1. The summed E-state index contributed by atoms with van der Waals surface area (Å²) in [4.78, 5) is 0. The van der Waals surface area contributed by atoms with E-state index in [4.69, 9.17) is 16.0 Å². The molecular formula is C16H16ClOS+. The average molecular weight is 292 g/mol. The van der Waals surface area contributed by atoms with Crippen LogP contribution >= 0.6 is 22.9 Å². The first kappa shape index (κ1) is 12.9. The molecule has 1 nitrogen and oxygen atoms in total. The minimum Gasteiger partial charge on any atom is -0.217 e. The smallest absolute Gasteiger partial charge is 0.217 e. The van der Waals surface area contributed by atoms with Crippen LogP contribution in [0.15, 0.2) is 28.7 Å². The molecule has 0 fully saturated rings. The van der Waals surface area contributed by atoms with E-state index in [1.165, 1.54) is 26.6 Å². The molecule has 3 aromatic rings. The number of hydrogen-bond donors (Lipinski definition) is 0. The highest BCUT2D eigenvalue weighted by atomic mass is 35.5. The molecule has 0 saturated heterocycles. The molecule has 98 valence electrons. The Labute approximate surface area is 121 Å². The summed E-state index contributed by atoms with van der Waals surface area (Å²) in [6.45, 7) is 4.22. The summed E-state index contributed by atoms with van der Waals surface area (Å²) in [7, 11) is 0. The van der Waals surface area contributed by atoms with E-state index in [9.17, 15) is 0 Å². The Hall–Kier alpha value is -1.12. The number of thiophene rings is 1. The van der Waals surface area contributed by atoms with Gasteiger partial charge in [-0.2, -0.15) is 0 Å². The van der Waals surface area contributed by atoms with Crippen molar-refractivity contribution in [2.75, 3.05) is 0 Å². The Bertz CT molecular complexity index is 745. The molecule has 19 heavy (non-hydrogen) atoms. The van der Waals surface area contributed by atoms with Crippen molar-refractivity contribution in [3.8, 4) is 0 Å². The maximum Gasteiger partial charge on any atom is 0.347 e. The van der Waals surface area contributed by atoms with Crippen molar-refractivity contribution >= 4 is 43.1 Å². The van der Waals surface area contributed by atoms with Crippen molar-refractivity contribution in [1.29, 1.82) is 0 Å². The van der Waals surface area contributed by atoms with E-state index in [0.29, 0.717) is 0 Å². The van der Waals surface area contributed by atoms with Gasteiger partial charge in [0.05, 0.1) is 13.3 Å². The lowest BCUT2D eigenvalue weighted by Crippen LogP contribution is -1.86. The predicted molar refractivity (Wildman–Crippen MR) is 84.4 cm³/mol. The van der Waals surface area contributed by atoms with Gasteiger partial charge >= 0.3 is 11.5 Å². The van der Waals surface area contributed by atoms with Crippen LogP contribution in [0, 0.1) is 6.92 Å². The summed E-state index contributed by atoms with van der Waals surface area (Å²) in [5, 5.41) is 3.31. The van der Waals surface area contributed by atoms with Gasteiger partial charge in [0, 0.05) is 26.6 Å². The zero-order valence-electron chi connectivity index (χ0n) is 11.1. The second-order valence-corrected chi connectivity index (χ2v) is 6.36. The van der Waals surface area contributed by atoms with E-state index in [1.807, 2.05) is 13.0 Å². The fourth-order valence-electron chi connectivity index (χ4n) is 2.41. The highest BCUT2D eigenvalue weighted by Crippen LogP contribution is 2.38. The summed E-state index contributed by atoms with van der Waals surface area (Å²) >= 11 is 7.92. The molecule has 0 atom stereocenters. The van der Waals surface area contributed by atoms with Crippen LogP contribution in [0.1, 0.15) is 31.3 Å². The van der Waals surface area contributed by atoms with Crippen molar-refractivity contribution in [3.05, 3.63) is 40.8 Å². The van der Waals surface area contributed by atoms with Crippen molar-refractivity contribution in [3.63, 3.8) is 0 Å².